The van der Waals surface area contributed by atoms with Crippen molar-refractivity contribution in [3.63, 3.8) is 0 Å². The molecule has 0 bridgehead atoms. The van der Waals surface area contributed by atoms with Gasteiger partial charge in [-0.3, -0.25) is 9.18 Å². The van der Waals surface area contributed by atoms with E-state index in [-0.39, 0.29) is 37.5 Å². The minimum atomic E-state index is -0.241. The number of hydrogen-bond acceptors (Lipinski definition) is 3. The normalized spacial score (nSPS) is 10.9. The first-order valence-corrected chi connectivity index (χ1v) is 9.18. The molecule has 0 amide bonds. The third-order valence-electron chi connectivity index (χ3n) is 4.41. The van der Waals surface area contributed by atoms with E-state index in [1.807, 2.05) is 18.3 Å². The van der Waals surface area contributed by atoms with Crippen molar-refractivity contribution in [2.24, 2.45) is 0 Å². The van der Waals surface area contributed by atoms with Crippen LogP contribution in [0.25, 0.3) is 32.8 Å². The molecule has 0 unspecified atom stereocenters. The molecule has 0 atom stereocenters. The van der Waals surface area contributed by atoms with E-state index in [1.165, 1.54) is 36.8 Å². The number of pyridine rings is 1. The fraction of sp³-hybridized carbons (Fsp3) is 0.120. The number of aliphatic hydroxyl groups is 1. The Balaban J connectivity index is 0.000000350. The summed E-state index contributed by atoms with van der Waals surface area (Å²) in [4.78, 5) is 14.5. The van der Waals surface area contributed by atoms with Crippen LogP contribution in [0.15, 0.2) is 72.6 Å². The molecule has 0 saturated carbocycles. The Hall–Kier alpha value is -2.88. The van der Waals surface area contributed by atoms with Gasteiger partial charge in [0, 0.05) is 38.2 Å². The van der Waals surface area contributed by atoms with Gasteiger partial charge in [-0.05, 0) is 41.1 Å². The van der Waals surface area contributed by atoms with Crippen LogP contribution in [0, 0.1) is 18.8 Å². The van der Waals surface area contributed by atoms with Gasteiger partial charge in [-0.1, -0.05) is 55.0 Å². The molecule has 1 N–H and O–H groups in total. The van der Waals surface area contributed by atoms with Gasteiger partial charge in [0.2, 0.25) is 0 Å². The average molecular weight is 579 g/mol. The second-order valence-electron chi connectivity index (χ2n) is 6.85. The van der Waals surface area contributed by atoms with Crippen LogP contribution in [0.1, 0.15) is 19.4 Å². The molecule has 0 aliphatic heterocycles. The predicted molar refractivity (Wildman–Crippen MR) is 115 cm³/mol. The van der Waals surface area contributed by atoms with Gasteiger partial charge in [0.05, 0.1) is 5.76 Å². The molecule has 30 heavy (non-hydrogen) atoms. The molecule has 0 fully saturated rings. The number of halogens is 1. The van der Waals surface area contributed by atoms with Gasteiger partial charge in [-0.15, -0.1) is 23.8 Å². The van der Waals surface area contributed by atoms with E-state index >= 15 is 0 Å². The molecular formula is C25H21FIrNO2-. The van der Waals surface area contributed by atoms with E-state index in [9.17, 15) is 9.18 Å². The molecular weight excluding hydrogens is 557 g/mol. The summed E-state index contributed by atoms with van der Waals surface area (Å²) in [7, 11) is 0. The number of fused-ring (bicyclic) bond motifs is 3. The molecule has 0 saturated heterocycles. The largest absolute Gasteiger partial charge is 0.512 e. The number of carbonyl (C=O) groups excluding carboxylic acids is 1. The molecule has 0 spiro atoms. The number of nitrogens with zero attached hydrogens (tertiary/aromatic N) is 1. The number of carbonyl (C=O) groups is 1. The number of allylic oxidation sites excluding steroid dienone is 2. The summed E-state index contributed by atoms with van der Waals surface area (Å²) in [5.41, 5.74) is 2.23. The number of ketones is 1. The van der Waals surface area contributed by atoms with Crippen LogP contribution in [0.3, 0.4) is 0 Å². The topological polar surface area (TPSA) is 50.2 Å². The molecule has 1 radical (unpaired) electrons. The van der Waals surface area contributed by atoms with Gasteiger partial charge in [-0.2, -0.15) is 0 Å². The van der Waals surface area contributed by atoms with Gasteiger partial charge < -0.3 is 10.1 Å². The van der Waals surface area contributed by atoms with Crippen molar-refractivity contribution in [3.8, 4) is 11.3 Å². The maximum Gasteiger partial charge on any atom is 0.155 e. The second-order valence-corrected chi connectivity index (χ2v) is 6.85. The number of benzene rings is 3. The minimum absolute atomic E-state index is 0. The molecule has 155 valence electrons. The number of hydrogen-bond donors (Lipinski definition) is 1. The Kier molecular flexibility index (Phi) is 7.99. The van der Waals surface area contributed by atoms with Gasteiger partial charge >= 0.3 is 0 Å². The molecule has 1 heterocycles. The van der Waals surface area contributed by atoms with Gasteiger partial charge in [-0.25, -0.2) is 0 Å². The summed E-state index contributed by atoms with van der Waals surface area (Å²) >= 11 is 0. The van der Waals surface area contributed by atoms with E-state index < -0.39 is 0 Å². The summed E-state index contributed by atoms with van der Waals surface area (Å²) < 4.78 is 13.4. The molecule has 4 rings (SSSR count). The molecule has 5 heteroatoms. The summed E-state index contributed by atoms with van der Waals surface area (Å²) in [6.07, 6.45) is 3.03. The minimum Gasteiger partial charge on any atom is -0.512 e. The van der Waals surface area contributed by atoms with Crippen molar-refractivity contribution in [3.05, 3.63) is 90.1 Å². The van der Waals surface area contributed by atoms with Gasteiger partial charge in [0.1, 0.15) is 0 Å². The van der Waals surface area contributed by atoms with Crippen molar-refractivity contribution < 1.29 is 34.4 Å². The fourth-order valence-corrected chi connectivity index (χ4v) is 3.07. The number of aryl methyl sites for hydroxylation is 1. The Morgan fingerprint density at radius 1 is 1.07 bits per heavy atom. The molecule has 0 aliphatic carbocycles. The Morgan fingerprint density at radius 3 is 2.40 bits per heavy atom. The SMILES string of the molecule is CC(=O)/C=C(/C)O.Cc1cc(-c2cc3c(ccc4ccccc43)cn2)[c-]cc1F.[Ir]. The number of rotatable bonds is 2. The quantitative estimate of drug-likeness (QED) is 0.131. The van der Waals surface area contributed by atoms with E-state index in [1.54, 1.807) is 13.0 Å². The smallest absolute Gasteiger partial charge is 0.155 e. The standard InChI is InChI=1S/C20H13FN.C5H8O2.Ir/c1-13-10-15(8-9-19(13)21)20-11-18-16(12-22-20)7-6-14-4-2-3-5-17(14)18;1-4(6)3-5(2)7;/h2-7,9-12H,1H3;3,6H,1-2H3;/q-1;;/b;4-3-;. The van der Waals surface area contributed by atoms with Crippen LogP contribution in [0.2, 0.25) is 0 Å². The van der Waals surface area contributed by atoms with Crippen molar-refractivity contribution in [1.29, 1.82) is 0 Å². The van der Waals surface area contributed by atoms with Crippen molar-refractivity contribution in [2.45, 2.75) is 20.8 Å². The maximum absolute atomic E-state index is 13.4. The third-order valence-corrected chi connectivity index (χ3v) is 4.41. The van der Waals surface area contributed by atoms with Crippen molar-refractivity contribution in [2.75, 3.05) is 0 Å². The Labute approximate surface area is 188 Å². The van der Waals surface area contributed by atoms with Crippen molar-refractivity contribution >= 4 is 27.3 Å². The van der Waals surface area contributed by atoms with E-state index in [4.69, 9.17) is 5.11 Å². The summed E-state index contributed by atoms with van der Waals surface area (Å²) in [5, 5.41) is 13.0. The van der Waals surface area contributed by atoms with E-state index in [2.05, 4.69) is 41.4 Å². The van der Waals surface area contributed by atoms with Gasteiger partial charge in [0.15, 0.2) is 5.78 Å². The van der Waals surface area contributed by atoms with Crippen LogP contribution in [0.4, 0.5) is 4.39 Å². The van der Waals surface area contributed by atoms with E-state index in [0.717, 1.165) is 22.0 Å². The molecule has 3 nitrogen and oxygen atoms in total. The average Bonchev–Trinajstić information content (AvgIpc) is 2.69. The number of aromatic nitrogens is 1. The van der Waals surface area contributed by atoms with E-state index in [0.29, 0.717) is 5.56 Å². The fourth-order valence-electron chi connectivity index (χ4n) is 3.07. The first-order valence-electron chi connectivity index (χ1n) is 9.18. The zero-order valence-corrected chi connectivity index (χ0v) is 19.3. The Morgan fingerprint density at radius 2 is 1.77 bits per heavy atom. The molecule has 1 aromatic heterocycles. The molecule has 3 aromatic carbocycles. The summed E-state index contributed by atoms with van der Waals surface area (Å²) in [5.74, 6) is -0.303. The van der Waals surface area contributed by atoms with Crippen LogP contribution in [0.5, 0.6) is 0 Å². The first-order chi connectivity index (χ1) is 13.8. The Bertz CT molecular complexity index is 1230. The van der Waals surface area contributed by atoms with Crippen LogP contribution < -0.4 is 0 Å². The van der Waals surface area contributed by atoms with Crippen molar-refractivity contribution in [1.82, 2.24) is 4.98 Å². The zero-order valence-electron chi connectivity index (χ0n) is 16.9. The summed E-state index contributed by atoms with van der Waals surface area (Å²) in [6, 6.07) is 20.7. The monoisotopic (exact) mass is 579 g/mol. The maximum atomic E-state index is 13.4. The summed E-state index contributed by atoms with van der Waals surface area (Å²) in [6.45, 7) is 4.60. The zero-order chi connectivity index (χ0) is 21.0. The van der Waals surface area contributed by atoms with Crippen LogP contribution >= 0.6 is 0 Å². The molecule has 0 aliphatic rings. The predicted octanol–water partition coefficient (Wildman–Crippen LogP) is 6.34. The van der Waals surface area contributed by atoms with Crippen LogP contribution in [-0.2, 0) is 24.9 Å². The van der Waals surface area contributed by atoms with Gasteiger partial charge in [0.25, 0.3) is 0 Å². The second kappa shape index (κ2) is 10.2. The molecule has 4 aromatic rings. The van der Waals surface area contributed by atoms with Crippen LogP contribution in [-0.4, -0.2) is 15.9 Å². The third kappa shape index (κ3) is 5.59. The number of aliphatic hydroxyl groups excluding tert-OH is 1. The first kappa shape index (κ1) is 23.4.